The zero-order valence-corrected chi connectivity index (χ0v) is 9.68. The Morgan fingerprint density at radius 1 is 1.53 bits per heavy atom. The second-order valence-corrected chi connectivity index (χ2v) is 3.47. The van der Waals surface area contributed by atoms with E-state index in [1.807, 2.05) is 0 Å². The van der Waals surface area contributed by atoms with Crippen molar-refractivity contribution in [2.75, 3.05) is 20.3 Å². The van der Waals surface area contributed by atoms with E-state index < -0.39 is 5.91 Å². The first-order valence-corrected chi connectivity index (χ1v) is 5.18. The molecule has 1 aromatic rings. The molecule has 6 heteroatoms. The van der Waals surface area contributed by atoms with Crippen molar-refractivity contribution in [1.29, 1.82) is 0 Å². The lowest BCUT2D eigenvalue weighted by molar-refractivity contribution is -0.684. The van der Waals surface area contributed by atoms with E-state index in [2.05, 4.69) is 5.32 Å². The lowest BCUT2D eigenvalue weighted by Crippen LogP contribution is -2.43. The summed E-state index contributed by atoms with van der Waals surface area (Å²) in [5.41, 5.74) is 5.51. The molecule has 0 aliphatic carbocycles. The van der Waals surface area contributed by atoms with Gasteiger partial charge in [0, 0.05) is 19.7 Å². The van der Waals surface area contributed by atoms with Crippen LogP contribution in [0.25, 0.3) is 0 Å². The molecule has 0 atom stereocenters. The summed E-state index contributed by atoms with van der Waals surface area (Å²) >= 11 is 0. The highest BCUT2D eigenvalue weighted by Crippen LogP contribution is 1.91. The first kappa shape index (κ1) is 13.1. The molecule has 0 bridgehead atoms. The van der Waals surface area contributed by atoms with Crippen molar-refractivity contribution in [3.8, 4) is 0 Å². The molecule has 0 saturated heterocycles. The molecule has 0 unspecified atom stereocenters. The molecule has 3 N–H and O–H groups in total. The minimum atomic E-state index is -0.515. The average Bonchev–Trinajstić information content (AvgIpc) is 2.29. The summed E-state index contributed by atoms with van der Waals surface area (Å²) in [7, 11) is 1.57. The summed E-state index contributed by atoms with van der Waals surface area (Å²) in [6.07, 6.45) is 3.24. The summed E-state index contributed by atoms with van der Waals surface area (Å²) in [6.45, 7) is 1.08. The second-order valence-electron chi connectivity index (χ2n) is 3.47. The minimum absolute atomic E-state index is 0.144. The number of rotatable bonds is 6. The molecule has 2 amide bonds. The Kier molecular flexibility index (Phi) is 5.09. The molecule has 0 aliphatic heterocycles. The van der Waals surface area contributed by atoms with E-state index in [0.29, 0.717) is 18.7 Å². The molecular formula is C11H16N3O3+. The smallest absolute Gasteiger partial charge is 0.286 e. The van der Waals surface area contributed by atoms with Crippen molar-refractivity contribution < 1.29 is 18.9 Å². The third-order valence-corrected chi connectivity index (χ3v) is 2.10. The summed E-state index contributed by atoms with van der Waals surface area (Å²) < 4.78 is 6.41. The maximum Gasteiger partial charge on any atom is 0.286 e. The molecule has 0 aromatic carbocycles. The first-order valence-electron chi connectivity index (χ1n) is 5.18. The molecule has 92 valence electrons. The monoisotopic (exact) mass is 238 g/mol. The SMILES string of the molecule is COCCNC(=O)C[n+]1cccc(C(N)=O)c1. The molecule has 6 nitrogen and oxygen atoms in total. The van der Waals surface area contributed by atoms with Crippen molar-refractivity contribution in [3.63, 3.8) is 0 Å². The second kappa shape index (κ2) is 6.59. The highest BCUT2D eigenvalue weighted by atomic mass is 16.5. The quantitative estimate of drug-likeness (QED) is 0.484. The molecule has 0 aliphatic rings. The van der Waals surface area contributed by atoms with Crippen molar-refractivity contribution in [2.24, 2.45) is 5.73 Å². The predicted octanol–water partition coefficient (Wildman–Crippen LogP) is -1.16. The number of hydrogen-bond donors (Lipinski definition) is 2. The molecular weight excluding hydrogens is 222 g/mol. The zero-order chi connectivity index (χ0) is 12.7. The molecule has 1 heterocycles. The van der Waals surface area contributed by atoms with Gasteiger partial charge in [-0.2, -0.15) is 4.57 Å². The van der Waals surface area contributed by atoms with E-state index in [4.69, 9.17) is 10.5 Å². The highest BCUT2D eigenvalue weighted by Gasteiger charge is 2.11. The number of amides is 2. The summed E-state index contributed by atoms with van der Waals surface area (Å²) in [6, 6.07) is 3.27. The van der Waals surface area contributed by atoms with Gasteiger partial charge in [-0.05, 0) is 6.07 Å². The number of pyridine rings is 1. The number of nitrogens with one attached hydrogen (secondary N) is 1. The van der Waals surface area contributed by atoms with Gasteiger partial charge in [0.2, 0.25) is 6.54 Å². The summed E-state index contributed by atoms with van der Waals surface area (Å²) in [4.78, 5) is 22.4. The lowest BCUT2D eigenvalue weighted by Gasteiger charge is -2.02. The van der Waals surface area contributed by atoms with Gasteiger partial charge >= 0.3 is 0 Å². The van der Waals surface area contributed by atoms with Gasteiger partial charge in [-0.25, -0.2) is 0 Å². The Hall–Kier alpha value is -1.95. The van der Waals surface area contributed by atoms with Crippen molar-refractivity contribution in [2.45, 2.75) is 6.54 Å². The van der Waals surface area contributed by atoms with Crippen molar-refractivity contribution in [1.82, 2.24) is 5.32 Å². The molecule has 0 radical (unpaired) electrons. The molecule has 17 heavy (non-hydrogen) atoms. The normalized spacial score (nSPS) is 9.94. The zero-order valence-electron chi connectivity index (χ0n) is 9.68. The van der Waals surface area contributed by atoms with Crippen LogP contribution in [0.15, 0.2) is 24.5 Å². The Balaban J connectivity index is 2.53. The van der Waals surface area contributed by atoms with Crippen LogP contribution in [0.1, 0.15) is 10.4 Å². The van der Waals surface area contributed by atoms with Gasteiger partial charge in [0.15, 0.2) is 12.4 Å². The third kappa shape index (κ3) is 4.60. The molecule has 0 spiro atoms. The third-order valence-electron chi connectivity index (χ3n) is 2.10. The number of carbonyl (C=O) groups excluding carboxylic acids is 2. The first-order chi connectivity index (χ1) is 8.13. The largest absolute Gasteiger partial charge is 0.383 e. The van der Waals surface area contributed by atoms with Gasteiger partial charge in [-0.3, -0.25) is 9.59 Å². The van der Waals surface area contributed by atoms with Crippen LogP contribution in [0.4, 0.5) is 0 Å². The molecule has 1 rings (SSSR count). The fourth-order valence-electron chi connectivity index (χ4n) is 1.28. The van der Waals surface area contributed by atoms with E-state index in [9.17, 15) is 9.59 Å². The van der Waals surface area contributed by atoms with Gasteiger partial charge in [0.05, 0.1) is 6.61 Å². The minimum Gasteiger partial charge on any atom is -0.383 e. The van der Waals surface area contributed by atoms with Crippen molar-refractivity contribution >= 4 is 11.8 Å². The fourth-order valence-corrected chi connectivity index (χ4v) is 1.28. The number of carbonyl (C=O) groups is 2. The number of primary amides is 1. The van der Waals surface area contributed by atoms with Crippen LogP contribution < -0.4 is 15.6 Å². The van der Waals surface area contributed by atoms with Gasteiger partial charge in [-0.15, -0.1) is 0 Å². The van der Waals surface area contributed by atoms with Gasteiger partial charge < -0.3 is 15.8 Å². The van der Waals surface area contributed by atoms with E-state index >= 15 is 0 Å². The van der Waals surface area contributed by atoms with E-state index in [0.717, 1.165) is 0 Å². The van der Waals surface area contributed by atoms with Crippen LogP contribution in [0, 0.1) is 0 Å². The van der Waals surface area contributed by atoms with Crippen molar-refractivity contribution in [3.05, 3.63) is 30.1 Å². The predicted molar refractivity (Wildman–Crippen MR) is 60.0 cm³/mol. The van der Waals surface area contributed by atoms with Crippen LogP contribution in [-0.2, 0) is 16.1 Å². The number of ether oxygens (including phenoxy) is 1. The van der Waals surface area contributed by atoms with E-state index in [1.165, 1.54) is 6.20 Å². The molecule has 1 aromatic heterocycles. The number of hydrogen-bond acceptors (Lipinski definition) is 3. The van der Waals surface area contributed by atoms with Crippen LogP contribution in [-0.4, -0.2) is 32.1 Å². The number of methoxy groups -OCH3 is 1. The van der Waals surface area contributed by atoms with Crippen LogP contribution in [0.3, 0.4) is 0 Å². The number of aromatic nitrogens is 1. The van der Waals surface area contributed by atoms with Crippen LogP contribution in [0.5, 0.6) is 0 Å². The average molecular weight is 238 g/mol. The van der Waals surface area contributed by atoms with Gasteiger partial charge in [-0.1, -0.05) is 0 Å². The van der Waals surface area contributed by atoms with Crippen LogP contribution in [0.2, 0.25) is 0 Å². The van der Waals surface area contributed by atoms with E-state index in [1.54, 1.807) is 30.0 Å². The van der Waals surface area contributed by atoms with Gasteiger partial charge in [0.25, 0.3) is 11.8 Å². The highest BCUT2D eigenvalue weighted by molar-refractivity contribution is 5.92. The van der Waals surface area contributed by atoms with E-state index in [-0.39, 0.29) is 12.5 Å². The summed E-state index contributed by atoms with van der Waals surface area (Å²) in [5.74, 6) is -0.659. The Labute approximate surface area is 99.4 Å². The number of nitrogens with zero attached hydrogens (tertiary/aromatic N) is 1. The topological polar surface area (TPSA) is 85.3 Å². The Morgan fingerprint density at radius 2 is 2.29 bits per heavy atom. The maximum absolute atomic E-state index is 11.5. The molecule has 0 saturated carbocycles. The lowest BCUT2D eigenvalue weighted by atomic mass is 10.3. The summed E-state index contributed by atoms with van der Waals surface area (Å²) in [5, 5.41) is 2.68. The Morgan fingerprint density at radius 3 is 2.94 bits per heavy atom. The van der Waals surface area contributed by atoms with Crippen LogP contribution >= 0.6 is 0 Å². The molecule has 0 fully saturated rings. The fraction of sp³-hybridized carbons (Fsp3) is 0.364. The maximum atomic E-state index is 11.5. The van der Waals surface area contributed by atoms with Gasteiger partial charge in [0.1, 0.15) is 5.56 Å². The Bertz CT molecular complexity index is 407. The number of nitrogens with two attached hydrogens (primary N) is 1. The standard InChI is InChI=1S/C11H15N3O3/c1-17-6-4-13-10(15)8-14-5-2-3-9(7-14)11(12)16/h2-3,5,7H,4,6,8H2,1H3,(H2-,12,13,15,16)/p+1.